The van der Waals surface area contributed by atoms with Crippen molar-refractivity contribution in [3.63, 3.8) is 0 Å². The van der Waals surface area contributed by atoms with Gasteiger partial charge in [0.15, 0.2) is 0 Å². The Hall–Kier alpha value is -4.15. The number of amides is 2. The smallest absolute Gasteiger partial charge is 0.264 e. The van der Waals surface area contributed by atoms with E-state index in [1.807, 2.05) is 75.4 Å². The maximum atomic E-state index is 14.6. The molecule has 0 spiro atoms. The van der Waals surface area contributed by atoms with E-state index in [0.717, 1.165) is 39.4 Å². The predicted molar refractivity (Wildman–Crippen MR) is 190 cm³/mol. The van der Waals surface area contributed by atoms with Crippen LogP contribution in [-0.2, 0) is 32.6 Å². The van der Waals surface area contributed by atoms with Gasteiger partial charge >= 0.3 is 0 Å². The quantitative estimate of drug-likeness (QED) is 0.136. The van der Waals surface area contributed by atoms with Gasteiger partial charge in [0.2, 0.25) is 11.8 Å². The van der Waals surface area contributed by atoms with Gasteiger partial charge in [0, 0.05) is 19.5 Å². The van der Waals surface area contributed by atoms with Gasteiger partial charge in [-0.05, 0) is 83.2 Å². The molecule has 0 saturated heterocycles. The molecule has 4 aromatic carbocycles. The molecule has 0 aliphatic rings. The molecule has 0 heterocycles. The summed E-state index contributed by atoms with van der Waals surface area (Å²) in [7, 11) is -2.75. The first kappa shape index (κ1) is 35.7. The average molecular weight is 721 g/mol. The van der Waals surface area contributed by atoms with E-state index in [2.05, 4.69) is 21.2 Å². The molecule has 1 N–H and O–H groups in total. The minimum atomic E-state index is -4.25. The number of ether oxygens (including phenoxy) is 1. The maximum absolute atomic E-state index is 14.6. The lowest BCUT2D eigenvalue weighted by atomic mass is 10.0. The van der Waals surface area contributed by atoms with Crippen molar-refractivity contribution in [3.05, 3.63) is 124 Å². The molecule has 248 valence electrons. The highest BCUT2D eigenvalue weighted by molar-refractivity contribution is 9.10. The lowest BCUT2D eigenvalue weighted by molar-refractivity contribution is -0.140. The zero-order valence-corrected chi connectivity index (χ0v) is 29.7. The second-order valence-electron chi connectivity index (χ2n) is 11.4. The fraction of sp³-hybridized carbons (Fsp3) is 0.297. The van der Waals surface area contributed by atoms with E-state index in [4.69, 9.17) is 4.74 Å². The molecule has 0 aliphatic carbocycles. The van der Waals surface area contributed by atoms with Crippen molar-refractivity contribution < 1.29 is 22.7 Å². The monoisotopic (exact) mass is 719 g/mol. The largest absolute Gasteiger partial charge is 0.496 e. The van der Waals surface area contributed by atoms with Gasteiger partial charge in [0.25, 0.3) is 10.0 Å². The number of halogens is 1. The van der Waals surface area contributed by atoms with Gasteiger partial charge in [-0.25, -0.2) is 8.42 Å². The summed E-state index contributed by atoms with van der Waals surface area (Å²) in [5.41, 5.74) is 3.98. The number of nitrogens with one attached hydrogen (secondary N) is 1. The standard InChI is InChI=1S/C37H42BrN3O5S/c1-5-6-22-39-37(43)34(23-29-13-8-7-9-14-29)40(25-30-15-11-10-12-28(30)3)36(42)26-41(31-18-16-27(2)17-19-31)47(44,45)32-20-21-35(46-4)33(38)24-32/h7-21,24,34H,5-6,22-23,25-26H2,1-4H3,(H,39,43)/t34-/m1/s1. The molecule has 4 aromatic rings. The van der Waals surface area contributed by atoms with Crippen molar-refractivity contribution in [1.82, 2.24) is 10.2 Å². The van der Waals surface area contributed by atoms with Gasteiger partial charge in [-0.15, -0.1) is 0 Å². The van der Waals surface area contributed by atoms with Gasteiger partial charge in [0.05, 0.1) is 22.2 Å². The number of nitrogens with zero attached hydrogens (tertiary/aromatic N) is 2. The predicted octanol–water partition coefficient (Wildman–Crippen LogP) is 6.83. The van der Waals surface area contributed by atoms with Gasteiger partial charge in [0.1, 0.15) is 18.3 Å². The molecule has 0 saturated carbocycles. The van der Waals surface area contributed by atoms with Crippen molar-refractivity contribution in [1.29, 1.82) is 0 Å². The third-order valence-corrected chi connectivity index (χ3v) is 10.4. The summed E-state index contributed by atoms with van der Waals surface area (Å²) in [6.07, 6.45) is 1.96. The Morgan fingerprint density at radius 1 is 0.915 bits per heavy atom. The molecule has 47 heavy (non-hydrogen) atoms. The summed E-state index contributed by atoms with van der Waals surface area (Å²) in [5.74, 6) is -0.311. The number of carbonyl (C=O) groups excluding carboxylic acids is 2. The zero-order chi connectivity index (χ0) is 34.0. The van der Waals surface area contributed by atoms with E-state index >= 15 is 0 Å². The highest BCUT2D eigenvalue weighted by atomic mass is 79.9. The number of methoxy groups -OCH3 is 1. The first-order chi connectivity index (χ1) is 22.5. The van der Waals surface area contributed by atoms with E-state index in [0.29, 0.717) is 22.5 Å². The lowest BCUT2D eigenvalue weighted by Crippen LogP contribution is -2.53. The first-order valence-corrected chi connectivity index (χ1v) is 17.9. The second kappa shape index (κ2) is 16.6. The van der Waals surface area contributed by atoms with E-state index in [1.54, 1.807) is 30.3 Å². The Morgan fingerprint density at radius 3 is 2.23 bits per heavy atom. The molecule has 0 bridgehead atoms. The van der Waals surface area contributed by atoms with Crippen molar-refractivity contribution in [2.24, 2.45) is 0 Å². The molecule has 0 fully saturated rings. The average Bonchev–Trinajstić information content (AvgIpc) is 3.06. The molecule has 10 heteroatoms. The number of anilines is 1. The number of unbranched alkanes of at least 4 members (excludes halogenated alkanes) is 1. The van der Waals surface area contributed by atoms with Crippen molar-refractivity contribution in [3.8, 4) is 5.75 Å². The molecule has 0 aromatic heterocycles. The number of hydrogen-bond acceptors (Lipinski definition) is 5. The van der Waals surface area contributed by atoms with Crippen LogP contribution in [0.25, 0.3) is 0 Å². The third-order valence-electron chi connectivity index (χ3n) is 8.01. The van der Waals surface area contributed by atoms with Crippen molar-refractivity contribution >= 4 is 43.5 Å². The molecular weight excluding hydrogens is 678 g/mol. The fourth-order valence-corrected chi connectivity index (χ4v) is 7.34. The van der Waals surface area contributed by atoms with Gasteiger partial charge < -0.3 is 15.0 Å². The summed E-state index contributed by atoms with van der Waals surface area (Å²) in [4.78, 5) is 30.0. The van der Waals surface area contributed by atoms with Crippen LogP contribution in [0.15, 0.2) is 106 Å². The number of hydrogen-bond donors (Lipinski definition) is 1. The third kappa shape index (κ3) is 9.23. The summed E-state index contributed by atoms with van der Waals surface area (Å²) in [6, 6.07) is 27.8. The maximum Gasteiger partial charge on any atom is 0.264 e. The minimum absolute atomic E-state index is 0.0119. The lowest BCUT2D eigenvalue weighted by Gasteiger charge is -2.34. The fourth-order valence-electron chi connectivity index (χ4n) is 5.21. The van der Waals surface area contributed by atoms with Crippen molar-refractivity contribution in [2.75, 3.05) is 24.5 Å². The molecule has 2 amide bonds. The van der Waals surface area contributed by atoms with Crippen LogP contribution in [-0.4, -0.2) is 51.4 Å². The Labute approximate surface area is 286 Å². The van der Waals surface area contributed by atoms with Crippen LogP contribution in [0.3, 0.4) is 0 Å². The van der Waals surface area contributed by atoms with Crippen LogP contribution in [0, 0.1) is 13.8 Å². The second-order valence-corrected chi connectivity index (χ2v) is 14.2. The van der Waals surface area contributed by atoms with E-state index in [-0.39, 0.29) is 23.8 Å². The number of aryl methyl sites for hydroxylation is 2. The van der Waals surface area contributed by atoms with Crippen LogP contribution in [0.5, 0.6) is 5.75 Å². The Morgan fingerprint density at radius 2 is 1.60 bits per heavy atom. The van der Waals surface area contributed by atoms with Gasteiger partial charge in [-0.3, -0.25) is 13.9 Å². The number of rotatable bonds is 15. The molecule has 1 atom stereocenters. The number of carbonyl (C=O) groups is 2. The molecule has 0 radical (unpaired) electrons. The highest BCUT2D eigenvalue weighted by Crippen LogP contribution is 2.31. The molecule has 8 nitrogen and oxygen atoms in total. The van der Waals surface area contributed by atoms with Gasteiger partial charge in [-0.2, -0.15) is 0 Å². The highest BCUT2D eigenvalue weighted by Gasteiger charge is 2.35. The minimum Gasteiger partial charge on any atom is -0.496 e. The molecule has 0 unspecified atom stereocenters. The molecule has 0 aliphatic heterocycles. The Bertz CT molecular complexity index is 1760. The summed E-state index contributed by atoms with van der Waals surface area (Å²) >= 11 is 3.40. The van der Waals surface area contributed by atoms with Gasteiger partial charge in [-0.1, -0.05) is 85.6 Å². The Kier molecular flexibility index (Phi) is 12.6. The molecule has 4 rings (SSSR count). The molecular formula is C37H42BrN3O5S. The number of benzene rings is 4. The zero-order valence-electron chi connectivity index (χ0n) is 27.3. The topological polar surface area (TPSA) is 96.0 Å². The summed E-state index contributed by atoms with van der Waals surface area (Å²) in [5, 5.41) is 3.02. The first-order valence-electron chi connectivity index (χ1n) is 15.6. The Balaban J connectivity index is 1.81. The van der Waals surface area contributed by atoms with Crippen LogP contribution in [0.2, 0.25) is 0 Å². The summed E-state index contributed by atoms with van der Waals surface area (Å²) in [6.45, 7) is 5.99. The summed E-state index contributed by atoms with van der Waals surface area (Å²) < 4.78 is 35.5. The van der Waals surface area contributed by atoms with Crippen LogP contribution < -0.4 is 14.4 Å². The van der Waals surface area contributed by atoms with Crippen LogP contribution >= 0.6 is 15.9 Å². The van der Waals surface area contributed by atoms with E-state index in [9.17, 15) is 18.0 Å². The van der Waals surface area contributed by atoms with E-state index in [1.165, 1.54) is 24.1 Å². The van der Waals surface area contributed by atoms with Crippen LogP contribution in [0.4, 0.5) is 5.69 Å². The number of sulfonamides is 1. The van der Waals surface area contributed by atoms with Crippen LogP contribution in [0.1, 0.15) is 42.0 Å². The van der Waals surface area contributed by atoms with Crippen molar-refractivity contribution in [2.45, 2.75) is 57.5 Å². The SMILES string of the molecule is CCCCNC(=O)[C@@H](Cc1ccccc1)N(Cc1ccccc1C)C(=O)CN(c1ccc(C)cc1)S(=O)(=O)c1ccc(OC)c(Br)c1. The van der Waals surface area contributed by atoms with E-state index < -0.39 is 28.5 Å². The normalized spacial score (nSPS) is 11.9.